The van der Waals surface area contributed by atoms with Gasteiger partial charge in [-0.05, 0) is 44.5 Å². The second-order valence-corrected chi connectivity index (χ2v) is 4.95. The van der Waals surface area contributed by atoms with Crippen LogP contribution in [0, 0.1) is 0 Å². The second kappa shape index (κ2) is 7.09. The highest BCUT2D eigenvalue weighted by Crippen LogP contribution is 2.09. The van der Waals surface area contributed by atoms with Crippen LogP contribution in [0.25, 0.3) is 0 Å². The summed E-state index contributed by atoms with van der Waals surface area (Å²) < 4.78 is 0. The third-order valence-electron chi connectivity index (χ3n) is 3.44. The SMILES string of the molecule is CC[C@H](CN1CCCC1)NC(=O)Nc1ccncc1. The van der Waals surface area contributed by atoms with Crippen LogP contribution in [0.15, 0.2) is 24.5 Å². The molecule has 1 saturated heterocycles. The van der Waals surface area contributed by atoms with Crippen LogP contribution in [0.5, 0.6) is 0 Å². The zero-order chi connectivity index (χ0) is 13.5. The summed E-state index contributed by atoms with van der Waals surface area (Å²) in [6.45, 7) is 5.36. The Bertz CT molecular complexity index is 390. The van der Waals surface area contributed by atoms with E-state index in [2.05, 4.69) is 27.4 Å². The van der Waals surface area contributed by atoms with Crippen molar-refractivity contribution in [1.82, 2.24) is 15.2 Å². The van der Waals surface area contributed by atoms with Crippen LogP contribution < -0.4 is 10.6 Å². The first kappa shape index (κ1) is 13.8. The molecular formula is C14H22N4O. The zero-order valence-electron chi connectivity index (χ0n) is 11.4. The molecule has 19 heavy (non-hydrogen) atoms. The van der Waals surface area contributed by atoms with Gasteiger partial charge in [-0.25, -0.2) is 4.79 Å². The van der Waals surface area contributed by atoms with Gasteiger partial charge in [0.2, 0.25) is 0 Å². The van der Waals surface area contributed by atoms with Crippen molar-refractivity contribution in [3.63, 3.8) is 0 Å². The molecule has 0 aliphatic carbocycles. The highest BCUT2D eigenvalue weighted by Gasteiger charge is 2.17. The van der Waals surface area contributed by atoms with Gasteiger partial charge in [0, 0.05) is 30.7 Å². The molecule has 2 rings (SSSR count). The van der Waals surface area contributed by atoms with Crippen LogP contribution in [-0.4, -0.2) is 41.6 Å². The van der Waals surface area contributed by atoms with Gasteiger partial charge in [-0.15, -0.1) is 0 Å². The minimum absolute atomic E-state index is 0.141. The maximum Gasteiger partial charge on any atom is 0.319 e. The van der Waals surface area contributed by atoms with Crippen molar-refractivity contribution in [2.75, 3.05) is 25.0 Å². The smallest absolute Gasteiger partial charge is 0.319 e. The lowest BCUT2D eigenvalue weighted by molar-refractivity contribution is 0.239. The molecule has 0 bridgehead atoms. The number of anilines is 1. The molecule has 0 radical (unpaired) electrons. The zero-order valence-corrected chi connectivity index (χ0v) is 11.4. The Morgan fingerprint density at radius 1 is 1.37 bits per heavy atom. The third kappa shape index (κ3) is 4.52. The van der Waals surface area contributed by atoms with E-state index in [4.69, 9.17) is 0 Å². The molecule has 5 nitrogen and oxygen atoms in total. The summed E-state index contributed by atoms with van der Waals surface area (Å²) in [7, 11) is 0. The van der Waals surface area contributed by atoms with Gasteiger partial charge in [-0.1, -0.05) is 6.92 Å². The molecule has 1 atom stereocenters. The molecule has 2 N–H and O–H groups in total. The number of hydrogen-bond donors (Lipinski definition) is 2. The van der Waals surface area contributed by atoms with E-state index in [9.17, 15) is 4.79 Å². The third-order valence-corrected chi connectivity index (χ3v) is 3.44. The van der Waals surface area contributed by atoms with Gasteiger partial charge in [-0.2, -0.15) is 0 Å². The summed E-state index contributed by atoms with van der Waals surface area (Å²) in [5.41, 5.74) is 0.767. The monoisotopic (exact) mass is 262 g/mol. The van der Waals surface area contributed by atoms with E-state index >= 15 is 0 Å². The van der Waals surface area contributed by atoms with Crippen LogP contribution >= 0.6 is 0 Å². The van der Waals surface area contributed by atoms with Crippen LogP contribution in [0.2, 0.25) is 0 Å². The summed E-state index contributed by atoms with van der Waals surface area (Å²) in [6, 6.07) is 3.62. The van der Waals surface area contributed by atoms with E-state index in [0.717, 1.165) is 31.7 Å². The van der Waals surface area contributed by atoms with Crippen LogP contribution in [0.3, 0.4) is 0 Å². The predicted molar refractivity (Wildman–Crippen MR) is 76.1 cm³/mol. The molecule has 0 saturated carbocycles. The number of carbonyl (C=O) groups is 1. The summed E-state index contributed by atoms with van der Waals surface area (Å²) in [4.78, 5) is 18.2. The number of hydrogen-bond acceptors (Lipinski definition) is 3. The average Bonchev–Trinajstić information content (AvgIpc) is 2.92. The summed E-state index contributed by atoms with van der Waals surface area (Å²) >= 11 is 0. The fourth-order valence-corrected chi connectivity index (χ4v) is 2.34. The summed E-state index contributed by atoms with van der Waals surface area (Å²) in [5, 5.41) is 5.85. The van der Waals surface area contributed by atoms with E-state index in [1.165, 1.54) is 12.8 Å². The van der Waals surface area contributed by atoms with Crippen molar-refractivity contribution in [2.24, 2.45) is 0 Å². The number of rotatable bonds is 5. The number of amides is 2. The first-order valence-corrected chi connectivity index (χ1v) is 6.98. The van der Waals surface area contributed by atoms with Crippen molar-refractivity contribution in [2.45, 2.75) is 32.2 Å². The molecule has 2 heterocycles. The number of carbonyl (C=O) groups excluding carboxylic acids is 1. The first-order valence-electron chi connectivity index (χ1n) is 6.98. The summed E-state index contributed by atoms with van der Waals surface area (Å²) in [5.74, 6) is 0. The molecule has 1 aromatic rings. The number of nitrogens with zero attached hydrogens (tertiary/aromatic N) is 2. The Morgan fingerprint density at radius 2 is 2.05 bits per heavy atom. The number of urea groups is 1. The lowest BCUT2D eigenvalue weighted by Gasteiger charge is -2.23. The van der Waals surface area contributed by atoms with Gasteiger partial charge in [0.15, 0.2) is 0 Å². The highest BCUT2D eigenvalue weighted by molar-refractivity contribution is 5.89. The second-order valence-electron chi connectivity index (χ2n) is 4.95. The van der Waals surface area contributed by atoms with Gasteiger partial charge in [-0.3, -0.25) is 4.98 Å². The van der Waals surface area contributed by atoms with Crippen molar-refractivity contribution in [1.29, 1.82) is 0 Å². The predicted octanol–water partition coefficient (Wildman–Crippen LogP) is 2.08. The molecule has 0 unspecified atom stereocenters. The Morgan fingerprint density at radius 3 is 2.68 bits per heavy atom. The minimum atomic E-state index is -0.141. The number of aromatic nitrogens is 1. The van der Waals surface area contributed by atoms with Gasteiger partial charge >= 0.3 is 6.03 Å². The maximum absolute atomic E-state index is 11.9. The van der Waals surface area contributed by atoms with Crippen LogP contribution in [-0.2, 0) is 0 Å². The van der Waals surface area contributed by atoms with Gasteiger partial charge in [0.05, 0.1) is 0 Å². The summed E-state index contributed by atoms with van der Waals surface area (Å²) in [6.07, 6.45) is 6.83. The quantitative estimate of drug-likeness (QED) is 0.854. The molecule has 0 spiro atoms. The minimum Gasteiger partial charge on any atom is -0.334 e. The number of likely N-dealkylation sites (tertiary alicyclic amines) is 1. The largest absolute Gasteiger partial charge is 0.334 e. The van der Waals surface area contributed by atoms with Gasteiger partial charge in [0.1, 0.15) is 0 Å². The van der Waals surface area contributed by atoms with Crippen molar-refractivity contribution >= 4 is 11.7 Å². The van der Waals surface area contributed by atoms with Crippen LogP contribution in [0.4, 0.5) is 10.5 Å². The molecular weight excluding hydrogens is 240 g/mol. The molecule has 1 aliphatic rings. The molecule has 1 fully saturated rings. The molecule has 5 heteroatoms. The number of nitrogens with one attached hydrogen (secondary N) is 2. The topological polar surface area (TPSA) is 57.3 Å². The van der Waals surface area contributed by atoms with Crippen LogP contribution in [0.1, 0.15) is 26.2 Å². The van der Waals surface area contributed by atoms with Gasteiger partial charge < -0.3 is 15.5 Å². The fourth-order valence-electron chi connectivity index (χ4n) is 2.34. The molecule has 1 aliphatic heterocycles. The van der Waals surface area contributed by atoms with Crippen molar-refractivity contribution < 1.29 is 4.79 Å². The lowest BCUT2D eigenvalue weighted by atomic mass is 10.2. The normalized spacial score (nSPS) is 17.1. The van der Waals surface area contributed by atoms with E-state index in [-0.39, 0.29) is 12.1 Å². The maximum atomic E-state index is 11.9. The molecule has 1 aromatic heterocycles. The molecule has 0 aromatic carbocycles. The van der Waals surface area contributed by atoms with Crippen molar-refractivity contribution in [3.8, 4) is 0 Å². The Labute approximate surface area is 114 Å². The lowest BCUT2D eigenvalue weighted by Crippen LogP contribution is -2.44. The molecule has 104 valence electrons. The fraction of sp³-hybridized carbons (Fsp3) is 0.571. The number of pyridine rings is 1. The van der Waals surface area contributed by atoms with E-state index in [1.54, 1.807) is 24.5 Å². The Balaban J connectivity index is 1.78. The van der Waals surface area contributed by atoms with Crippen molar-refractivity contribution in [3.05, 3.63) is 24.5 Å². The standard InChI is InChI=1S/C14H22N4O/c1-2-12(11-18-9-3-4-10-18)16-14(19)17-13-5-7-15-8-6-13/h5-8,12H,2-4,9-11H2,1H3,(H2,15,16,17,19)/t12-/m1/s1. The van der Waals surface area contributed by atoms with Gasteiger partial charge in [0.25, 0.3) is 0 Å². The Hall–Kier alpha value is -1.62. The highest BCUT2D eigenvalue weighted by atomic mass is 16.2. The van der Waals surface area contributed by atoms with E-state index in [0.29, 0.717) is 0 Å². The first-order chi connectivity index (χ1) is 9.28. The molecule has 2 amide bonds. The van der Waals surface area contributed by atoms with E-state index in [1.807, 2.05) is 0 Å². The Kier molecular flexibility index (Phi) is 5.15. The average molecular weight is 262 g/mol. The van der Waals surface area contributed by atoms with E-state index < -0.39 is 0 Å².